The maximum atomic E-state index is 11.3. The van der Waals surface area contributed by atoms with Gasteiger partial charge in [0.2, 0.25) is 5.95 Å². The lowest BCUT2D eigenvalue weighted by Crippen LogP contribution is -2.23. The number of nitriles is 1. The van der Waals surface area contributed by atoms with Crippen LogP contribution in [0.1, 0.15) is 12.5 Å². The molecule has 1 aromatic carbocycles. The Morgan fingerprint density at radius 3 is 2.59 bits per heavy atom. The molecule has 0 radical (unpaired) electrons. The average molecular weight is 374 g/mol. The monoisotopic (exact) mass is 374 g/mol. The zero-order valence-corrected chi connectivity index (χ0v) is 14.2. The highest BCUT2D eigenvalue weighted by molar-refractivity contribution is 5.82. The first-order chi connectivity index (χ1) is 12.7. The molecule has 140 valence electrons. The van der Waals surface area contributed by atoms with Crippen molar-refractivity contribution in [2.75, 3.05) is 18.6 Å². The first-order valence-electron chi connectivity index (χ1n) is 7.28. The number of nitro groups is 1. The highest BCUT2D eigenvalue weighted by Crippen LogP contribution is 2.43. The number of nitrogen functional groups attached to an aromatic ring is 2. The van der Waals surface area contributed by atoms with E-state index in [0.29, 0.717) is 0 Å². The molecular weight excluding hydrogens is 360 g/mol. The number of rotatable bonds is 6. The summed E-state index contributed by atoms with van der Waals surface area (Å²) in [4.78, 5) is 29.3. The fourth-order valence-corrected chi connectivity index (χ4v) is 2.17. The van der Waals surface area contributed by atoms with Gasteiger partial charge in [-0.15, -0.1) is 0 Å². The first-order valence-corrected chi connectivity index (χ1v) is 7.28. The van der Waals surface area contributed by atoms with Crippen LogP contribution in [0.2, 0.25) is 0 Å². The summed E-state index contributed by atoms with van der Waals surface area (Å²) in [7, 11) is 1.22. The first kappa shape index (κ1) is 19.2. The summed E-state index contributed by atoms with van der Waals surface area (Å²) in [6.45, 7) is 1.25. The van der Waals surface area contributed by atoms with Crippen molar-refractivity contribution in [3.05, 3.63) is 27.8 Å². The van der Waals surface area contributed by atoms with Gasteiger partial charge in [0.1, 0.15) is 17.5 Å². The van der Waals surface area contributed by atoms with Gasteiger partial charge in [-0.3, -0.25) is 10.1 Å². The minimum absolute atomic E-state index is 0.0912. The Hall–Kier alpha value is -4.14. The largest absolute Gasteiger partial charge is 0.493 e. The van der Waals surface area contributed by atoms with Gasteiger partial charge in [-0.2, -0.15) is 10.2 Å². The van der Waals surface area contributed by atoms with Gasteiger partial charge in [-0.05, 0) is 6.92 Å². The standard InChI is InChI=1S/C15H14N6O6/c1-6(14(22)23)27-12-8(3-7(21(24)25)4-10(12)26-2)11-9(5-16)13(17)20-15(18)19-11/h3-4,6H,1-2H3,(H,22,23)(H4,17,18,19,20). The van der Waals surface area contributed by atoms with Gasteiger partial charge >= 0.3 is 5.97 Å². The highest BCUT2D eigenvalue weighted by atomic mass is 16.6. The SMILES string of the molecule is COc1cc([N+](=O)[O-])cc(-c2nc(N)nc(N)c2C#N)c1OC(C)C(=O)O. The number of hydrogen-bond donors (Lipinski definition) is 3. The van der Waals surface area contributed by atoms with Gasteiger partial charge in [0, 0.05) is 6.07 Å². The number of carbonyl (C=O) groups is 1. The molecule has 12 heteroatoms. The second kappa shape index (κ2) is 7.40. The van der Waals surface area contributed by atoms with Crippen LogP contribution in [0.15, 0.2) is 12.1 Å². The predicted octanol–water partition coefficient (Wildman–Crippen LogP) is 0.948. The Kier molecular flexibility index (Phi) is 5.26. The minimum atomic E-state index is -1.33. The number of nitro benzene ring substituents is 1. The van der Waals surface area contributed by atoms with Gasteiger partial charge in [0.25, 0.3) is 5.69 Å². The number of benzene rings is 1. The number of ether oxygens (including phenoxy) is 2. The lowest BCUT2D eigenvalue weighted by Gasteiger charge is -2.18. The molecule has 0 aliphatic heterocycles. The third kappa shape index (κ3) is 3.76. The summed E-state index contributed by atoms with van der Waals surface area (Å²) in [5.74, 6) is -2.13. The van der Waals surface area contributed by atoms with E-state index in [4.69, 9.17) is 26.0 Å². The van der Waals surface area contributed by atoms with Gasteiger partial charge in [0.05, 0.1) is 29.4 Å². The number of carboxylic acid groups (broad SMARTS) is 1. The molecule has 0 saturated heterocycles. The molecule has 0 fully saturated rings. The number of nitrogens with two attached hydrogens (primary N) is 2. The van der Waals surface area contributed by atoms with Crippen LogP contribution in [0, 0.1) is 21.4 Å². The van der Waals surface area contributed by atoms with Crippen LogP contribution < -0.4 is 20.9 Å². The average Bonchev–Trinajstić information content (AvgIpc) is 2.60. The molecular formula is C15H14N6O6. The van der Waals surface area contributed by atoms with Crippen LogP contribution >= 0.6 is 0 Å². The van der Waals surface area contributed by atoms with Crippen LogP contribution in [-0.4, -0.2) is 39.2 Å². The molecule has 0 amide bonds. The van der Waals surface area contributed by atoms with E-state index in [-0.39, 0.29) is 40.1 Å². The van der Waals surface area contributed by atoms with Crippen LogP contribution in [0.25, 0.3) is 11.3 Å². The number of nitrogens with zero attached hydrogens (tertiary/aromatic N) is 4. The molecule has 27 heavy (non-hydrogen) atoms. The van der Waals surface area contributed by atoms with E-state index in [0.717, 1.165) is 12.1 Å². The number of methoxy groups -OCH3 is 1. The van der Waals surface area contributed by atoms with Crippen molar-refractivity contribution in [1.82, 2.24) is 9.97 Å². The van der Waals surface area contributed by atoms with Crippen molar-refractivity contribution in [3.8, 4) is 28.8 Å². The Labute approximate surface area is 152 Å². The van der Waals surface area contributed by atoms with E-state index in [1.54, 1.807) is 6.07 Å². The Balaban J connectivity index is 2.88. The summed E-state index contributed by atoms with van der Waals surface area (Å²) in [6, 6.07) is 3.89. The molecule has 12 nitrogen and oxygen atoms in total. The minimum Gasteiger partial charge on any atom is -0.493 e. The summed E-state index contributed by atoms with van der Waals surface area (Å²) in [5.41, 5.74) is 10.4. The fraction of sp³-hybridized carbons (Fsp3) is 0.200. The van der Waals surface area contributed by atoms with E-state index in [1.165, 1.54) is 14.0 Å². The van der Waals surface area contributed by atoms with Crippen molar-refractivity contribution in [2.24, 2.45) is 0 Å². The smallest absolute Gasteiger partial charge is 0.344 e. The second-order valence-electron chi connectivity index (χ2n) is 5.18. The normalized spacial score (nSPS) is 11.3. The molecule has 0 saturated carbocycles. The lowest BCUT2D eigenvalue weighted by molar-refractivity contribution is -0.384. The van der Waals surface area contributed by atoms with Crippen LogP contribution in [0.5, 0.6) is 11.5 Å². The molecule has 1 aromatic heterocycles. The predicted molar refractivity (Wildman–Crippen MR) is 91.9 cm³/mol. The molecule has 1 atom stereocenters. The maximum absolute atomic E-state index is 11.3. The number of hydrogen-bond acceptors (Lipinski definition) is 10. The van der Waals surface area contributed by atoms with E-state index in [2.05, 4.69) is 9.97 Å². The molecule has 2 aromatic rings. The zero-order valence-electron chi connectivity index (χ0n) is 14.2. The lowest BCUT2D eigenvalue weighted by atomic mass is 10.0. The van der Waals surface area contributed by atoms with Crippen molar-refractivity contribution in [3.63, 3.8) is 0 Å². The summed E-state index contributed by atoms with van der Waals surface area (Å²) >= 11 is 0. The van der Waals surface area contributed by atoms with Gasteiger partial charge < -0.3 is 26.0 Å². The van der Waals surface area contributed by atoms with Gasteiger partial charge in [-0.1, -0.05) is 0 Å². The molecule has 1 heterocycles. The molecule has 0 bridgehead atoms. The third-order valence-corrected chi connectivity index (χ3v) is 3.43. The molecule has 0 aliphatic rings. The molecule has 0 aliphatic carbocycles. The number of aliphatic carboxylic acids is 1. The van der Waals surface area contributed by atoms with E-state index in [9.17, 15) is 20.2 Å². The molecule has 5 N–H and O–H groups in total. The van der Waals surface area contributed by atoms with Crippen LogP contribution in [0.4, 0.5) is 17.5 Å². The van der Waals surface area contributed by atoms with E-state index >= 15 is 0 Å². The number of anilines is 2. The Bertz CT molecular complexity index is 970. The van der Waals surface area contributed by atoms with Crippen molar-refractivity contribution < 1.29 is 24.3 Å². The molecule has 2 rings (SSSR count). The van der Waals surface area contributed by atoms with Crippen LogP contribution in [-0.2, 0) is 4.79 Å². The van der Waals surface area contributed by atoms with E-state index in [1.807, 2.05) is 0 Å². The third-order valence-electron chi connectivity index (χ3n) is 3.43. The molecule has 1 unspecified atom stereocenters. The Morgan fingerprint density at radius 1 is 1.41 bits per heavy atom. The van der Waals surface area contributed by atoms with Crippen molar-refractivity contribution >= 4 is 23.4 Å². The topological polar surface area (TPSA) is 201 Å². The second-order valence-corrected chi connectivity index (χ2v) is 5.18. The number of aromatic nitrogens is 2. The van der Waals surface area contributed by atoms with Crippen molar-refractivity contribution in [2.45, 2.75) is 13.0 Å². The molecule has 0 spiro atoms. The number of non-ortho nitro benzene ring substituents is 1. The highest BCUT2D eigenvalue weighted by Gasteiger charge is 2.27. The summed E-state index contributed by atoms with van der Waals surface area (Å²) < 4.78 is 10.5. The zero-order chi connectivity index (χ0) is 20.3. The quantitative estimate of drug-likeness (QED) is 0.480. The van der Waals surface area contributed by atoms with Crippen molar-refractivity contribution in [1.29, 1.82) is 5.26 Å². The Morgan fingerprint density at radius 2 is 2.07 bits per heavy atom. The maximum Gasteiger partial charge on any atom is 0.344 e. The van der Waals surface area contributed by atoms with Crippen LogP contribution in [0.3, 0.4) is 0 Å². The van der Waals surface area contributed by atoms with E-state index < -0.39 is 22.7 Å². The fourth-order valence-electron chi connectivity index (χ4n) is 2.17. The summed E-state index contributed by atoms with van der Waals surface area (Å²) in [5, 5.41) is 29.7. The van der Waals surface area contributed by atoms with Gasteiger partial charge in [-0.25, -0.2) is 9.78 Å². The van der Waals surface area contributed by atoms with Gasteiger partial charge in [0.15, 0.2) is 17.6 Å². The number of carboxylic acids is 1. The summed E-state index contributed by atoms with van der Waals surface area (Å²) in [6.07, 6.45) is -1.33.